The highest BCUT2D eigenvalue weighted by atomic mass is 35.5. The third kappa shape index (κ3) is 5.48. The first-order valence-electron chi connectivity index (χ1n) is 9.81. The maximum absolute atomic E-state index is 12.6. The van der Waals surface area contributed by atoms with Crippen LogP contribution >= 0.6 is 23.4 Å². The van der Waals surface area contributed by atoms with Crippen molar-refractivity contribution in [1.82, 2.24) is 21.1 Å². The van der Waals surface area contributed by atoms with Gasteiger partial charge < -0.3 is 5.32 Å². The predicted octanol–water partition coefficient (Wildman–Crippen LogP) is 2.86. The van der Waals surface area contributed by atoms with Gasteiger partial charge in [0.1, 0.15) is 5.50 Å². The van der Waals surface area contributed by atoms with Crippen molar-refractivity contribution in [1.29, 1.82) is 0 Å². The van der Waals surface area contributed by atoms with E-state index in [9.17, 15) is 4.79 Å². The van der Waals surface area contributed by atoms with Crippen LogP contribution in [0.4, 0.5) is 0 Å². The molecular weight excluding hydrogens is 356 g/mol. The fraction of sp³-hybridized carbons (Fsp3) is 0.944. The molecule has 0 aromatic rings. The summed E-state index contributed by atoms with van der Waals surface area (Å²) in [5.41, 5.74) is 6.86. The second-order valence-electron chi connectivity index (χ2n) is 8.02. The molecule has 7 heteroatoms. The maximum Gasteiger partial charge on any atom is 0.223 e. The van der Waals surface area contributed by atoms with Crippen LogP contribution < -0.4 is 16.2 Å². The van der Waals surface area contributed by atoms with Crippen molar-refractivity contribution in [2.24, 2.45) is 11.8 Å². The highest BCUT2D eigenvalue weighted by Gasteiger charge is 2.33. The molecule has 2 saturated carbocycles. The molecule has 0 spiro atoms. The number of hydrogen-bond acceptors (Lipinski definition) is 5. The minimum absolute atomic E-state index is 0.130. The van der Waals surface area contributed by atoms with Crippen LogP contribution in [0.1, 0.15) is 58.3 Å². The van der Waals surface area contributed by atoms with Gasteiger partial charge in [-0.1, -0.05) is 19.8 Å². The summed E-state index contributed by atoms with van der Waals surface area (Å²) in [6.07, 6.45) is 8.73. The summed E-state index contributed by atoms with van der Waals surface area (Å²) in [7, 11) is 2.13. The van der Waals surface area contributed by atoms with Gasteiger partial charge in [-0.2, -0.15) is 0 Å². The highest BCUT2D eigenvalue weighted by Crippen LogP contribution is 2.35. The Morgan fingerprint density at radius 3 is 2.76 bits per heavy atom. The normalized spacial score (nSPS) is 38.4. The van der Waals surface area contributed by atoms with Gasteiger partial charge in [-0.3, -0.25) is 9.69 Å². The molecule has 0 radical (unpaired) electrons. The lowest BCUT2D eigenvalue weighted by molar-refractivity contribution is -0.126. The van der Waals surface area contributed by atoms with Crippen molar-refractivity contribution in [2.75, 3.05) is 13.7 Å². The van der Waals surface area contributed by atoms with Crippen LogP contribution in [0.25, 0.3) is 0 Å². The number of nitrogens with zero attached hydrogens (tertiary/aromatic N) is 1. The van der Waals surface area contributed by atoms with Gasteiger partial charge in [0.05, 0.1) is 6.67 Å². The average Bonchev–Trinajstić information content (AvgIpc) is 3.00. The predicted molar refractivity (Wildman–Crippen MR) is 105 cm³/mol. The van der Waals surface area contributed by atoms with Gasteiger partial charge in [-0.15, -0.1) is 23.4 Å². The molecule has 3 aliphatic rings. The molecule has 1 amide bonds. The van der Waals surface area contributed by atoms with Crippen LogP contribution in [0, 0.1) is 11.8 Å². The molecule has 3 N–H and O–H groups in total. The van der Waals surface area contributed by atoms with Crippen LogP contribution in [-0.4, -0.2) is 46.7 Å². The third-order valence-electron chi connectivity index (χ3n) is 6.00. The van der Waals surface area contributed by atoms with Crippen molar-refractivity contribution in [3.8, 4) is 0 Å². The second-order valence-corrected chi connectivity index (χ2v) is 10.1. The molecule has 2 aliphatic carbocycles. The monoisotopic (exact) mass is 388 g/mol. The van der Waals surface area contributed by atoms with Crippen molar-refractivity contribution in [2.45, 2.75) is 80.5 Å². The first kappa shape index (κ1) is 19.7. The van der Waals surface area contributed by atoms with Crippen LogP contribution in [0.2, 0.25) is 0 Å². The summed E-state index contributed by atoms with van der Waals surface area (Å²) in [6, 6.07) is 0.345. The Morgan fingerprint density at radius 2 is 2.04 bits per heavy atom. The first-order chi connectivity index (χ1) is 12.0. The zero-order valence-electron chi connectivity index (χ0n) is 15.5. The lowest BCUT2D eigenvalue weighted by Gasteiger charge is -2.35. The maximum atomic E-state index is 12.6. The van der Waals surface area contributed by atoms with E-state index in [-0.39, 0.29) is 17.2 Å². The van der Waals surface area contributed by atoms with Crippen LogP contribution in [0.3, 0.4) is 0 Å². The average molecular weight is 389 g/mol. The molecule has 0 aromatic heterocycles. The van der Waals surface area contributed by atoms with Gasteiger partial charge in [0.2, 0.25) is 5.91 Å². The third-order valence-corrected chi connectivity index (χ3v) is 7.95. The summed E-state index contributed by atoms with van der Waals surface area (Å²) in [4.78, 5) is 14.9. The number of hydrazine groups is 1. The first-order valence-corrected chi connectivity index (χ1v) is 11.2. The lowest BCUT2D eigenvalue weighted by Crippen LogP contribution is -2.44. The number of amides is 1. The molecule has 3 rings (SSSR count). The van der Waals surface area contributed by atoms with Gasteiger partial charge in [-0.05, 0) is 51.5 Å². The Bertz CT molecular complexity index is 455. The number of alkyl halides is 1. The largest absolute Gasteiger partial charge is 0.353 e. The van der Waals surface area contributed by atoms with Crippen LogP contribution in [0.15, 0.2) is 0 Å². The summed E-state index contributed by atoms with van der Waals surface area (Å²) in [5, 5.41) is 4.12. The van der Waals surface area contributed by atoms with E-state index in [1.54, 1.807) is 0 Å². The topological polar surface area (TPSA) is 56.4 Å². The molecule has 6 unspecified atom stereocenters. The fourth-order valence-corrected chi connectivity index (χ4v) is 6.05. The van der Waals surface area contributed by atoms with Crippen molar-refractivity contribution in [3.05, 3.63) is 0 Å². The van der Waals surface area contributed by atoms with Crippen LogP contribution in [-0.2, 0) is 4.79 Å². The fourth-order valence-electron chi connectivity index (χ4n) is 4.38. The Balaban J connectivity index is 1.46. The Labute approximate surface area is 161 Å². The molecular formula is C18H33ClN4OS. The molecule has 1 heterocycles. The van der Waals surface area contributed by atoms with E-state index in [1.807, 2.05) is 11.8 Å². The van der Waals surface area contributed by atoms with E-state index in [0.717, 1.165) is 45.2 Å². The molecule has 1 saturated heterocycles. The number of nitrogens with one attached hydrogen (secondary N) is 3. The number of hydrogen-bond donors (Lipinski definition) is 3. The van der Waals surface area contributed by atoms with E-state index in [1.165, 1.54) is 12.8 Å². The zero-order chi connectivity index (χ0) is 17.8. The second kappa shape index (κ2) is 9.27. The quantitative estimate of drug-likeness (QED) is 0.632. The van der Waals surface area contributed by atoms with Gasteiger partial charge in [0.25, 0.3) is 0 Å². The molecule has 3 fully saturated rings. The number of carbonyl (C=O) groups excluding carboxylic acids is 1. The van der Waals surface area contributed by atoms with Crippen molar-refractivity contribution < 1.29 is 4.79 Å². The summed E-state index contributed by atoms with van der Waals surface area (Å²) in [6.45, 7) is 3.23. The number of carbonyl (C=O) groups is 1. The molecule has 144 valence electrons. The minimum Gasteiger partial charge on any atom is -0.353 e. The van der Waals surface area contributed by atoms with E-state index in [0.29, 0.717) is 22.7 Å². The van der Waals surface area contributed by atoms with Gasteiger partial charge >= 0.3 is 0 Å². The smallest absolute Gasteiger partial charge is 0.223 e. The molecule has 1 aliphatic heterocycles. The summed E-state index contributed by atoms with van der Waals surface area (Å²) in [5.74, 6) is 1.05. The Kier molecular flexibility index (Phi) is 7.32. The van der Waals surface area contributed by atoms with E-state index in [4.69, 9.17) is 11.6 Å². The van der Waals surface area contributed by atoms with E-state index in [2.05, 4.69) is 35.0 Å². The molecule has 5 nitrogen and oxygen atoms in total. The standard InChI is InChI=1S/C18H33ClN4OS/c1-12(25-18-22-20-11-23(18)2)13-5-4-8-16(10-13)21-17(24)14-6-3-7-15(19)9-14/h12-16,18,20,22H,3-11H2,1-2H3,(H,21,24). The molecule has 0 aromatic carbocycles. The SMILES string of the molecule is CC(SC1NNCN1C)C1CCCC(NC(=O)C2CCCC(Cl)C2)C1. The van der Waals surface area contributed by atoms with Crippen molar-refractivity contribution in [3.63, 3.8) is 0 Å². The van der Waals surface area contributed by atoms with Gasteiger partial charge in [-0.25, -0.2) is 10.9 Å². The minimum atomic E-state index is 0.130. The molecule has 6 atom stereocenters. The zero-order valence-corrected chi connectivity index (χ0v) is 17.0. The molecule has 0 bridgehead atoms. The number of rotatable bonds is 5. The van der Waals surface area contributed by atoms with Crippen LogP contribution in [0.5, 0.6) is 0 Å². The summed E-state index contributed by atoms with van der Waals surface area (Å²) < 4.78 is 0. The van der Waals surface area contributed by atoms with E-state index >= 15 is 0 Å². The van der Waals surface area contributed by atoms with Gasteiger partial charge in [0, 0.05) is 22.6 Å². The van der Waals surface area contributed by atoms with Crippen molar-refractivity contribution >= 4 is 29.3 Å². The van der Waals surface area contributed by atoms with Gasteiger partial charge in [0.15, 0.2) is 0 Å². The highest BCUT2D eigenvalue weighted by molar-refractivity contribution is 8.00. The number of halogens is 1. The molecule has 25 heavy (non-hydrogen) atoms. The Morgan fingerprint density at radius 1 is 1.24 bits per heavy atom. The Hall–Kier alpha value is -0.0100. The number of thioether (sulfide) groups is 1. The lowest BCUT2D eigenvalue weighted by atomic mass is 9.83. The summed E-state index contributed by atoms with van der Waals surface area (Å²) >= 11 is 8.25. The van der Waals surface area contributed by atoms with E-state index < -0.39 is 0 Å².